The van der Waals surface area contributed by atoms with Crippen LogP contribution in [0.4, 0.5) is 0 Å². The zero-order valence-electron chi connectivity index (χ0n) is 16.7. The topological polar surface area (TPSA) is 63.4 Å². The number of aryl methyl sites for hydroxylation is 1. The molecule has 0 N–H and O–H groups in total. The van der Waals surface area contributed by atoms with Gasteiger partial charge in [-0.25, -0.2) is 9.48 Å². The molecule has 0 atom stereocenters. The Hall–Kier alpha value is -2.12. The number of aromatic nitrogens is 3. The van der Waals surface area contributed by atoms with E-state index in [1.54, 1.807) is 4.68 Å². The Morgan fingerprint density at radius 3 is 2.59 bits per heavy atom. The molecule has 0 radical (unpaired) electrons. The van der Waals surface area contributed by atoms with E-state index >= 15 is 0 Å². The molecule has 2 aromatic rings. The second-order valence-electron chi connectivity index (χ2n) is 7.91. The predicted molar refractivity (Wildman–Crippen MR) is 112 cm³/mol. The number of carbonyl (C=O) groups is 1. The average molecular weight is 418 g/mol. The normalized spacial score (nSPS) is 17.8. The van der Waals surface area contributed by atoms with Gasteiger partial charge < -0.3 is 4.90 Å². The van der Waals surface area contributed by atoms with Gasteiger partial charge in [0.05, 0.1) is 13.0 Å². The first-order valence-electron chi connectivity index (χ1n) is 10.5. The number of amides is 1. The van der Waals surface area contributed by atoms with Crippen molar-refractivity contribution in [2.75, 3.05) is 32.7 Å². The van der Waals surface area contributed by atoms with Gasteiger partial charge in [-0.05, 0) is 43.5 Å². The maximum Gasteiger partial charge on any atom is 0.345 e. The van der Waals surface area contributed by atoms with Crippen LogP contribution in [0.1, 0.15) is 30.7 Å². The third-order valence-electron chi connectivity index (χ3n) is 5.87. The minimum atomic E-state index is 0.0225. The molecule has 2 aliphatic heterocycles. The van der Waals surface area contributed by atoms with E-state index in [1.165, 1.54) is 0 Å². The Kier molecular flexibility index (Phi) is 6.35. The highest BCUT2D eigenvalue weighted by Gasteiger charge is 2.21. The van der Waals surface area contributed by atoms with Gasteiger partial charge >= 0.3 is 5.69 Å². The van der Waals surface area contributed by atoms with Gasteiger partial charge in [-0.15, -0.1) is 0 Å². The summed E-state index contributed by atoms with van der Waals surface area (Å²) in [6.07, 6.45) is 4.43. The largest absolute Gasteiger partial charge is 0.345 e. The van der Waals surface area contributed by atoms with E-state index in [4.69, 9.17) is 11.6 Å². The van der Waals surface area contributed by atoms with E-state index in [0.717, 1.165) is 76.3 Å². The lowest BCUT2D eigenvalue weighted by molar-refractivity contribution is -0.130. The van der Waals surface area contributed by atoms with E-state index in [0.29, 0.717) is 18.0 Å². The molecule has 1 amide bonds. The van der Waals surface area contributed by atoms with E-state index in [-0.39, 0.29) is 11.6 Å². The second kappa shape index (κ2) is 9.13. The molecule has 1 fully saturated rings. The average Bonchev–Trinajstić information content (AvgIpc) is 2.90. The van der Waals surface area contributed by atoms with Crippen LogP contribution in [0.15, 0.2) is 29.1 Å². The lowest BCUT2D eigenvalue weighted by atomic mass is 10.1. The molecule has 1 saturated heterocycles. The minimum Gasteiger partial charge on any atom is -0.341 e. The van der Waals surface area contributed by atoms with E-state index in [2.05, 4.69) is 10.00 Å². The smallest absolute Gasteiger partial charge is 0.341 e. The number of carbonyl (C=O) groups excluding carboxylic acids is 1. The minimum absolute atomic E-state index is 0.0225. The number of nitrogens with zero attached hydrogens (tertiary/aromatic N) is 5. The van der Waals surface area contributed by atoms with Gasteiger partial charge in [-0.2, -0.15) is 5.10 Å². The molecule has 4 rings (SSSR count). The summed E-state index contributed by atoms with van der Waals surface area (Å²) in [5.41, 5.74) is 1.01. The van der Waals surface area contributed by atoms with Crippen molar-refractivity contribution >= 4 is 17.5 Å². The third-order valence-corrected chi connectivity index (χ3v) is 6.12. The lowest BCUT2D eigenvalue weighted by Crippen LogP contribution is -2.37. The Labute approximate surface area is 175 Å². The van der Waals surface area contributed by atoms with Crippen molar-refractivity contribution in [2.45, 2.75) is 45.2 Å². The molecular weight excluding hydrogens is 390 g/mol. The molecule has 0 unspecified atom stereocenters. The summed E-state index contributed by atoms with van der Waals surface area (Å²) in [6, 6.07) is 7.47. The summed E-state index contributed by atoms with van der Waals surface area (Å²) >= 11 is 5.92. The third kappa shape index (κ3) is 4.90. The van der Waals surface area contributed by atoms with Gasteiger partial charge in [-0.3, -0.25) is 14.3 Å². The highest BCUT2D eigenvalue weighted by atomic mass is 35.5. The Morgan fingerprint density at radius 1 is 0.966 bits per heavy atom. The maximum atomic E-state index is 12.7. The standard InChI is InChI=1S/C21H28ClN5O2/c22-18-7-5-17(6-8-18)16-20(28)25-10-3-9-24(12-14-25)13-15-27-21(29)26-11-2-1-4-19(26)23-27/h5-8H,1-4,9-16H2. The number of fused-ring (bicyclic) bond motifs is 1. The molecule has 0 saturated carbocycles. The summed E-state index contributed by atoms with van der Waals surface area (Å²) in [4.78, 5) is 29.4. The fourth-order valence-electron chi connectivity index (χ4n) is 4.16. The van der Waals surface area contributed by atoms with Crippen molar-refractivity contribution in [3.05, 3.63) is 51.2 Å². The predicted octanol–water partition coefficient (Wildman–Crippen LogP) is 1.81. The highest BCUT2D eigenvalue weighted by molar-refractivity contribution is 6.30. The molecule has 0 bridgehead atoms. The molecule has 0 aliphatic carbocycles. The second-order valence-corrected chi connectivity index (χ2v) is 8.35. The zero-order chi connectivity index (χ0) is 20.2. The van der Waals surface area contributed by atoms with Crippen molar-refractivity contribution in [2.24, 2.45) is 0 Å². The summed E-state index contributed by atoms with van der Waals surface area (Å²) in [5.74, 6) is 1.09. The number of halogens is 1. The molecule has 3 heterocycles. The quantitative estimate of drug-likeness (QED) is 0.744. The van der Waals surface area contributed by atoms with Gasteiger partial charge in [0.1, 0.15) is 5.82 Å². The molecule has 0 spiro atoms. The highest BCUT2D eigenvalue weighted by Crippen LogP contribution is 2.12. The van der Waals surface area contributed by atoms with Crippen LogP contribution in [0.2, 0.25) is 5.02 Å². The first-order valence-corrected chi connectivity index (χ1v) is 10.9. The molecule has 2 aliphatic rings. The fraction of sp³-hybridized carbons (Fsp3) is 0.571. The van der Waals surface area contributed by atoms with Crippen LogP contribution in [-0.4, -0.2) is 62.8 Å². The van der Waals surface area contributed by atoms with Crippen LogP contribution < -0.4 is 5.69 Å². The summed E-state index contributed by atoms with van der Waals surface area (Å²) in [5, 5.41) is 5.21. The van der Waals surface area contributed by atoms with E-state index in [1.807, 2.05) is 33.7 Å². The fourth-order valence-corrected chi connectivity index (χ4v) is 4.29. The van der Waals surface area contributed by atoms with Crippen LogP contribution in [0, 0.1) is 0 Å². The van der Waals surface area contributed by atoms with Gasteiger partial charge in [0.25, 0.3) is 0 Å². The molecule has 1 aromatic carbocycles. The summed E-state index contributed by atoms with van der Waals surface area (Å²) in [6.45, 7) is 5.46. The van der Waals surface area contributed by atoms with Crippen LogP contribution in [0.3, 0.4) is 0 Å². The van der Waals surface area contributed by atoms with Crippen LogP contribution in [-0.2, 0) is 30.7 Å². The first-order chi connectivity index (χ1) is 14.1. The maximum absolute atomic E-state index is 12.7. The van der Waals surface area contributed by atoms with Crippen molar-refractivity contribution in [1.29, 1.82) is 0 Å². The number of hydrogen-bond acceptors (Lipinski definition) is 4. The molecule has 1 aromatic heterocycles. The van der Waals surface area contributed by atoms with Crippen molar-refractivity contribution < 1.29 is 4.79 Å². The van der Waals surface area contributed by atoms with Crippen LogP contribution in [0.5, 0.6) is 0 Å². The Morgan fingerprint density at radius 2 is 1.79 bits per heavy atom. The Bertz CT molecular complexity index is 905. The monoisotopic (exact) mass is 417 g/mol. The number of hydrogen-bond donors (Lipinski definition) is 0. The van der Waals surface area contributed by atoms with Crippen LogP contribution >= 0.6 is 11.6 Å². The van der Waals surface area contributed by atoms with Gasteiger partial charge in [-0.1, -0.05) is 23.7 Å². The van der Waals surface area contributed by atoms with Gasteiger partial charge in [0, 0.05) is 44.2 Å². The number of benzene rings is 1. The molecule has 7 nitrogen and oxygen atoms in total. The zero-order valence-corrected chi connectivity index (χ0v) is 17.5. The van der Waals surface area contributed by atoms with Crippen molar-refractivity contribution in [1.82, 2.24) is 24.1 Å². The molecule has 8 heteroatoms. The van der Waals surface area contributed by atoms with Crippen LogP contribution in [0.25, 0.3) is 0 Å². The Balaban J connectivity index is 1.29. The van der Waals surface area contributed by atoms with Gasteiger partial charge in [0.15, 0.2) is 0 Å². The number of rotatable bonds is 5. The summed E-state index contributed by atoms with van der Waals surface area (Å²) in [7, 11) is 0. The molecule has 156 valence electrons. The van der Waals surface area contributed by atoms with Crippen molar-refractivity contribution in [3.63, 3.8) is 0 Å². The molecule has 29 heavy (non-hydrogen) atoms. The van der Waals surface area contributed by atoms with Gasteiger partial charge in [0.2, 0.25) is 5.91 Å². The van der Waals surface area contributed by atoms with E-state index in [9.17, 15) is 9.59 Å². The summed E-state index contributed by atoms with van der Waals surface area (Å²) < 4.78 is 3.44. The lowest BCUT2D eigenvalue weighted by Gasteiger charge is -2.22. The molecular formula is C21H28ClN5O2. The van der Waals surface area contributed by atoms with E-state index < -0.39 is 0 Å². The van der Waals surface area contributed by atoms with Crippen molar-refractivity contribution in [3.8, 4) is 0 Å². The first kappa shape index (κ1) is 20.2. The SMILES string of the molecule is O=C(Cc1ccc(Cl)cc1)N1CCCN(CCn2nc3n(c2=O)CCCC3)CC1.